The van der Waals surface area contributed by atoms with E-state index in [1.807, 2.05) is 0 Å². The highest BCUT2D eigenvalue weighted by Gasteiger charge is 2.35. The molecule has 1 atom stereocenters. The fourth-order valence-electron chi connectivity index (χ4n) is 4.09. The van der Waals surface area contributed by atoms with E-state index in [-0.39, 0.29) is 34.6 Å². The number of ether oxygens (including phenoxy) is 2. The summed E-state index contributed by atoms with van der Waals surface area (Å²) in [6, 6.07) is 12.6. The molecule has 1 aliphatic heterocycles. The van der Waals surface area contributed by atoms with Gasteiger partial charge in [0.25, 0.3) is 16.5 Å². The van der Waals surface area contributed by atoms with Crippen LogP contribution in [-0.4, -0.2) is 37.6 Å². The molecule has 12 heteroatoms. The first-order chi connectivity index (χ1) is 17.7. The van der Waals surface area contributed by atoms with Crippen molar-refractivity contribution in [3.8, 4) is 17.1 Å². The molecule has 0 amide bonds. The Morgan fingerprint density at radius 3 is 2.65 bits per heavy atom. The maximum absolute atomic E-state index is 13.9. The van der Waals surface area contributed by atoms with Crippen molar-refractivity contribution in [2.24, 2.45) is 0 Å². The number of hydrogen-bond donors (Lipinski definition) is 1. The van der Waals surface area contributed by atoms with Crippen LogP contribution in [-0.2, 0) is 32.2 Å². The number of rotatable bonds is 4. The van der Waals surface area contributed by atoms with Crippen molar-refractivity contribution in [1.29, 1.82) is 0 Å². The Morgan fingerprint density at radius 1 is 1.05 bits per heavy atom. The fraction of sp³-hybridized carbons (Fsp3) is 0.320. The predicted molar refractivity (Wildman–Crippen MR) is 128 cm³/mol. The molecule has 1 aliphatic rings. The normalized spacial score (nSPS) is 17.5. The van der Waals surface area contributed by atoms with E-state index in [0.717, 1.165) is 12.1 Å². The van der Waals surface area contributed by atoms with Crippen LogP contribution >= 0.6 is 0 Å². The third-order valence-electron chi connectivity index (χ3n) is 5.82. The van der Waals surface area contributed by atoms with Gasteiger partial charge in [0, 0.05) is 18.1 Å². The molecular formula is C25H24F3N3O5S. The number of pyridine rings is 2. The first-order valence-corrected chi connectivity index (χ1v) is 13.0. The first-order valence-electron chi connectivity index (χ1n) is 11.6. The van der Waals surface area contributed by atoms with Gasteiger partial charge in [-0.05, 0) is 49.4 Å². The van der Waals surface area contributed by atoms with Crippen LogP contribution in [0.2, 0.25) is 0 Å². The summed E-state index contributed by atoms with van der Waals surface area (Å²) < 4.78 is 80.7. The summed E-state index contributed by atoms with van der Waals surface area (Å²) in [5.74, 6) is -0.223. The summed E-state index contributed by atoms with van der Waals surface area (Å²) in [5, 5.41) is -0.386. The largest absolute Gasteiger partial charge is 0.474 e. The summed E-state index contributed by atoms with van der Waals surface area (Å²) in [4.78, 5) is 18.7. The molecule has 1 aromatic carbocycles. The average Bonchev–Trinajstić information content (AvgIpc) is 2.85. The molecule has 4 bridgehead atoms. The molecule has 0 saturated carbocycles. The van der Waals surface area contributed by atoms with Crippen molar-refractivity contribution in [2.75, 3.05) is 11.3 Å². The van der Waals surface area contributed by atoms with Gasteiger partial charge in [0.05, 0.1) is 17.9 Å². The number of carbonyl (C=O) groups is 1. The van der Waals surface area contributed by atoms with Gasteiger partial charge >= 0.3 is 6.18 Å². The molecule has 2 aromatic heterocycles. The van der Waals surface area contributed by atoms with Crippen LogP contribution in [0, 0.1) is 0 Å². The van der Waals surface area contributed by atoms with Crippen molar-refractivity contribution in [3.05, 3.63) is 65.7 Å². The number of fused-ring (bicyclic) bond motifs is 6. The molecule has 1 N–H and O–H groups in total. The highest BCUT2D eigenvalue weighted by molar-refractivity contribution is 7.92. The third-order valence-corrected chi connectivity index (χ3v) is 7.08. The highest BCUT2D eigenvalue weighted by Crippen LogP contribution is 2.38. The number of halogens is 3. The van der Waals surface area contributed by atoms with E-state index in [4.69, 9.17) is 9.47 Å². The average molecular weight is 536 g/mol. The standard InChI is InChI=1S/C25H24F3N3O5S/c26-25(27,28)20-12-13-21-29-24(20)19-9-4-2-7-17(19)6-1-3-8-18(14-15-35-16-32)36-22-10-5-11-23(30-22)37(33,34)31-21/h2,4-5,7,9-13,16,18H,1,3,6,8,14-15H2,(H,29,31). The number of aromatic nitrogens is 2. The number of nitrogens with one attached hydrogen (secondary N) is 1. The molecule has 3 aromatic rings. The van der Waals surface area contributed by atoms with Crippen LogP contribution in [0.4, 0.5) is 19.0 Å². The molecule has 3 heterocycles. The van der Waals surface area contributed by atoms with Gasteiger partial charge < -0.3 is 9.47 Å². The second-order valence-corrected chi connectivity index (χ2v) is 10.0. The zero-order chi connectivity index (χ0) is 26.5. The number of nitrogens with zero attached hydrogens (tertiary/aromatic N) is 2. The van der Waals surface area contributed by atoms with E-state index in [1.165, 1.54) is 18.2 Å². The maximum atomic E-state index is 13.9. The van der Waals surface area contributed by atoms with Gasteiger partial charge in [-0.2, -0.15) is 26.6 Å². The number of sulfonamides is 1. The fourth-order valence-corrected chi connectivity index (χ4v) is 5.05. The zero-order valence-electron chi connectivity index (χ0n) is 19.6. The van der Waals surface area contributed by atoms with Crippen LogP contribution in [0.5, 0.6) is 5.88 Å². The minimum Gasteiger partial charge on any atom is -0.474 e. The number of anilines is 1. The lowest BCUT2D eigenvalue weighted by Gasteiger charge is -2.20. The molecule has 4 rings (SSSR count). The van der Waals surface area contributed by atoms with Gasteiger partial charge in [-0.3, -0.25) is 9.52 Å². The summed E-state index contributed by atoms with van der Waals surface area (Å²) >= 11 is 0. The highest BCUT2D eigenvalue weighted by atomic mass is 32.2. The third kappa shape index (κ3) is 6.56. The van der Waals surface area contributed by atoms with Gasteiger partial charge in [-0.25, -0.2) is 4.98 Å². The number of alkyl halides is 3. The van der Waals surface area contributed by atoms with E-state index < -0.39 is 27.9 Å². The van der Waals surface area contributed by atoms with E-state index in [1.54, 1.807) is 24.3 Å². The molecule has 0 saturated heterocycles. The van der Waals surface area contributed by atoms with E-state index >= 15 is 0 Å². The van der Waals surface area contributed by atoms with Crippen LogP contribution in [0.25, 0.3) is 11.3 Å². The van der Waals surface area contributed by atoms with Crippen molar-refractivity contribution in [1.82, 2.24) is 9.97 Å². The van der Waals surface area contributed by atoms with Crippen LogP contribution in [0.15, 0.2) is 59.6 Å². The van der Waals surface area contributed by atoms with Crippen LogP contribution in [0.1, 0.15) is 36.8 Å². The van der Waals surface area contributed by atoms with Gasteiger partial charge in [-0.15, -0.1) is 0 Å². The quantitative estimate of drug-likeness (QED) is 0.370. The lowest BCUT2D eigenvalue weighted by Crippen LogP contribution is -2.21. The van der Waals surface area contributed by atoms with E-state index in [9.17, 15) is 26.4 Å². The monoisotopic (exact) mass is 535 g/mol. The zero-order valence-corrected chi connectivity index (χ0v) is 20.4. The molecular weight excluding hydrogens is 511 g/mol. The summed E-state index contributed by atoms with van der Waals surface area (Å²) in [6.07, 6.45) is -2.47. The van der Waals surface area contributed by atoms with Crippen molar-refractivity contribution in [3.63, 3.8) is 0 Å². The number of aryl methyl sites for hydroxylation is 1. The number of carbonyl (C=O) groups excluding carboxylic acids is 1. The molecule has 37 heavy (non-hydrogen) atoms. The topological polar surface area (TPSA) is 107 Å². The van der Waals surface area contributed by atoms with Gasteiger partial charge in [-0.1, -0.05) is 30.3 Å². The van der Waals surface area contributed by atoms with E-state index in [0.29, 0.717) is 44.1 Å². The molecule has 0 fully saturated rings. The second kappa shape index (κ2) is 11.2. The smallest absolute Gasteiger partial charge is 0.418 e. The Morgan fingerprint density at radius 2 is 1.86 bits per heavy atom. The second-order valence-electron chi connectivity index (χ2n) is 8.41. The Kier molecular flexibility index (Phi) is 7.96. The minimum atomic E-state index is -4.70. The summed E-state index contributed by atoms with van der Waals surface area (Å²) in [6.45, 7) is 0.443. The predicted octanol–water partition coefficient (Wildman–Crippen LogP) is 5.00. The van der Waals surface area contributed by atoms with Crippen molar-refractivity contribution in [2.45, 2.75) is 49.4 Å². The van der Waals surface area contributed by atoms with E-state index in [2.05, 4.69) is 14.7 Å². The van der Waals surface area contributed by atoms with Gasteiger partial charge in [0.1, 0.15) is 11.9 Å². The molecule has 196 valence electrons. The molecule has 0 radical (unpaired) electrons. The van der Waals surface area contributed by atoms with Gasteiger partial charge in [0.15, 0.2) is 5.03 Å². The Bertz CT molecular complexity index is 1370. The Hall–Kier alpha value is -3.67. The van der Waals surface area contributed by atoms with Crippen molar-refractivity contribution >= 4 is 22.3 Å². The molecule has 1 unspecified atom stereocenters. The summed E-state index contributed by atoms with van der Waals surface area (Å²) in [5.41, 5.74) is -0.395. The number of benzene rings is 1. The van der Waals surface area contributed by atoms with Crippen LogP contribution < -0.4 is 9.46 Å². The minimum absolute atomic E-state index is 0.0532. The maximum Gasteiger partial charge on any atom is 0.418 e. The first kappa shape index (κ1) is 26.4. The van der Waals surface area contributed by atoms with Gasteiger partial charge in [0.2, 0.25) is 5.88 Å². The van der Waals surface area contributed by atoms with Crippen LogP contribution in [0.3, 0.4) is 0 Å². The molecule has 0 aliphatic carbocycles. The van der Waals surface area contributed by atoms with Crippen molar-refractivity contribution < 1.29 is 35.9 Å². The molecule has 8 nitrogen and oxygen atoms in total. The Balaban J connectivity index is 1.79. The lowest BCUT2D eigenvalue weighted by molar-refractivity contribution is -0.137. The molecule has 0 spiro atoms. The summed E-state index contributed by atoms with van der Waals surface area (Å²) in [7, 11) is -4.30. The Labute approximate surface area is 211 Å². The SMILES string of the molecule is O=COCCC1CCCCc2ccccc2-c2nc(ccc2C(F)(F)F)NS(=O)(=O)c2cccc(n2)O1. The lowest BCUT2D eigenvalue weighted by atomic mass is 9.95. The number of hydrogen-bond acceptors (Lipinski definition) is 7.